The van der Waals surface area contributed by atoms with Crippen molar-refractivity contribution in [2.75, 3.05) is 0 Å². The molecule has 0 fully saturated rings. The second kappa shape index (κ2) is 5.68. The van der Waals surface area contributed by atoms with Gasteiger partial charge < -0.3 is 9.73 Å². The summed E-state index contributed by atoms with van der Waals surface area (Å²) in [6, 6.07) is 14.1. The topological polar surface area (TPSA) is 42.2 Å². The van der Waals surface area contributed by atoms with E-state index in [1.165, 1.54) is 5.56 Å². The number of fused-ring (bicyclic) bond motifs is 1. The molecule has 0 bridgehead atoms. The molecular formula is C19H19NO2. The SMILES string of the molecule is Cc1ccc(CNC(=O)c2oc3ccc(C)cc3c2C)cc1. The molecule has 2 aromatic carbocycles. The Labute approximate surface area is 130 Å². The van der Waals surface area contributed by atoms with Gasteiger partial charge in [0, 0.05) is 17.5 Å². The van der Waals surface area contributed by atoms with Gasteiger partial charge >= 0.3 is 0 Å². The molecule has 0 aliphatic heterocycles. The van der Waals surface area contributed by atoms with Crippen LogP contribution in [0.5, 0.6) is 0 Å². The Balaban J connectivity index is 1.80. The number of carbonyl (C=O) groups is 1. The Morgan fingerprint density at radius 2 is 1.68 bits per heavy atom. The molecule has 112 valence electrons. The molecule has 3 rings (SSSR count). The summed E-state index contributed by atoms with van der Waals surface area (Å²) in [5.41, 5.74) is 5.08. The maximum absolute atomic E-state index is 12.4. The molecule has 3 heteroatoms. The van der Waals surface area contributed by atoms with Gasteiger partial charge in [-0.25, -0.2) is 0 Å². The standard InChI is InChI=1S/C19H19NO2/c1-12-4-7-15(8-5-12)11-20-19(21)18-14(3)16-10-13(2)6-9-17(16)22-18/h4-10H,11H2,1-3H3,(H,20,21). The van der Waals surface area contributed by atoms with Crippen LogP contribution in [0.3, 0.4) is 0 Å². The molecule has 1 aromatic heterocycles. The van der Waals surface area contributed by atoms with E-state index in [2.05, 4.69) is 5.32 Å². The van der Waals surface area contributed by atoms with Crippen LogP contribution in [0.15, 0.2) is 46.9 Å². The van der Waals surface area contributed by atoms with Crippen LogP contribution in [0, 0.1) is 20.8 Å². The molecule has 1 N–H and O–H groups in total. The number of aryl methyl sites for hydroxylation is 3. The van der Waals surface area contributed by atoms with E-state index in [0.717, 1.165) is 27.7 Å². The predicted octanol–water partition coefficient (Wildman–Crippen LogP) is 4.29. The first-order valence-electron chi connectivity index (χ1n) is 7.38. The Kier molecular flexibility index (Phi) is 3.72. The van der Waals surface area contributed by atoms with Gasteiger partial charge in [0.25, 0.3) is 5.91 Å². The number of hydrogen-bond acceptors (Lipinski definition) is 2. The minimum Gasteiger partial charge on any atom is -0.451 e. The van der Waals surface area contributed by atoms with Gasteiger partial charge in [-0.15, -0.1) is 0 Å². The highest BCUT2D eigenvalue weighted by Crippen LogP contribution is 2.26. The number of hydrogen-bond donors (Lipinski definition) is 1. The smallest absolute Gasteiger partial charge is 0.287 e. The number of carbonyl (C=O) groups excluding carboxylic acids is 1. The Morgan fingerprint density at radius 3 is 2.41 bits per heavy atom. The van der Waals surface area contributed by atoms with Gasteiger partial charge in [0.15, 0.2) is 5.76 Å². The molecule has 1 heterocycles. The number of nitrogens with one attached hydrogen (secondary N) is 1. The summed E-state index contributed by atoms with van der Waals surface area (Å²) in [5, 5.41) is 3.92. The molecule has 0 aliphatic carbocycles. The van der Waals surface area contributed by atoms with E-state index in [1.54, 1.807) is 0 Å². The van der Waals surface area contributed by atoms with Crippen molar-refractivity contribution in [3.63, 3.8) is 0 Å². The van der Waals surface area contributed by atoms with Crippen LogP contribution in [0.1, 0.15) is 32.8 Å². The summed E-state index contributed by atoms with van der Waals surface area (Å²) in [7, 11) is 0. The number of furan rings is 1. The van der Waals surface area contributed by atoms with Crippen molar-refractivity contribution in [3.8, 4) is 0 Å². The minimum absolute atomic E-state index is 0.174. The highest BCUT2D eigenvalue weighted by Gasteiger charge is 2.17. The lowest BCUT2D eigenvalue weighted by Gasteiger charge is -2.04. The second-order valence-electron chi connectivity index (χ2n) is 5.72. The average molecular weight is 293 g/mol. The molecule has 3 nitrogen and oxygen atoms in total. The van der Waals surface area contributed by atoms with E-state index in [0.29, 0.717) is 12.3 Å². The number of amides is 1. The average Bonchev–Trinajstić information content (AvgIpc) is 2.83. The lowest BCUT2D eigenvalue weighted by atomic mass is 10.1. The third-order valence-corrected chi connectivity index (χ3v) is 3.87. The molecule has 22 heavy (non-hydrogen) atoms. The quantitative estimate of drug-likeness (QED) is 0.782. The van der Waals surface area contributed by atoms with Crippen molar-refractivity contribution in [3.05, 3.63) is 70.5 Å². The molecule has 0 spiro atoms. The summed E-state index contributed by atoms with van der Waals surface area (Å²) in [6.07, 6.45) is 0. The van der Waals surface area contributed by atoms with Gasteiger partial charge in [-0.05, 0) is 38.5 Å². The minimum atomic E-state index is -0.174. The van der Waals surface area contributed by atoms with Crippen molar-refractivity contribution in [2.45, 2.75) is 27.3 Å². The molecule has 0 unspecified atom stereocenters. The molecule has 0 radical (unpaired) electrons. The van der Waals surface area contributed by atoms with Crippen LogP contribution in [0.2, 0.25) is 0 Å². The largest absolute Gasteiger partial charge is 0.451 e. The third-order valence-electron chi connectivity index (χ3n) is 3.87. The van der Waals surface area contributed by atoms with E-state index >= 15 is 0 Å². The van der Waals surface area contributed by atoms with Gasteiger partial charge in [0.05, 0.1) is 0 Å². The van der Waals surface area contributed by atoms with Crippen LogP contribution < -0.4 is 5.32 Å². The monoisotopic (exact) mass is 293 g/mol. The molecule has 0 saturated carbocycles. The maximum atomic E-state index is 12.4. The van der Waals surface area contributed by atoms with E-state index in [-0.39, 0.29) is 5.91 Å². The van der Waals surface area contributed by atoms with Crippen LogP contribution in [-0.2, 0) is 6.54 Å². The van der Waals surface area contributed by atoms with Crippen molar-refractivity contribution in [1.29, 1.82) is 0 Å². The summed E-state index contributed by atoms with van der Waals surface area (Å²) >= 11 is 0. The van der Waals surface area contributed by atoms with Crippen molar-refractivity contribution in [1.82, 2.24) is 5.32 Å². The fourth-order valence-electron chi connectivity index (χ4n) is 2.52. The normalized spacial score (nSPS) is 10.9. The van der Waals surface area contributed by atoms with E-state index in [4.69, 9.17) is 4.42 Å². The first-order valence-corrected chi connectivity index (χ1v) is 7.38. The molecule has 0 aliphatic rings. The third kappa shape index (κ3) is 2.75. The number of rotatable bonds is 3. The molecular weight excluding hydrogens is 274 g/mol. The first kappa shape index (κ1) is 14.4. The van der Waals surface area contributed by atoms with Crippen LogP contribution >= 0.6 is 0 Å². The van der Waals surface area contributed by atoms with Gasteiger partial charge in [-0.1, -0.05) is 41.5 Å². The van der Waals surface area contributed by atoms with Crippen molar-refractivity contribution in [2.24, 2.45) is 0 Å². The van der Waals surface area contributed by atoms with Crippen LogP contribution in [0.4, 0.5) is 0 Å². The summed E-state index contributed by atoms with van der Waals surface area (Å²) in [6.45, 7) is 6.49. The zero-order valence-corrected chi connectivity index (χ0v) is 13.1. The fourth-order valence-corrected chi connectivity index (χ4v) is 2.52. The van der Waals surface area contributed by atoms with Crippen molar-refractivity contribution < 1.29 is 9.21 Å². The Morgan fingerprint density at radius 1 is 1.00 bits per heavy atom. The Bertz CT molecular complexity index is 829. The fraction of sp³-hybridized carbons (Fsp3) is 0.211. The van der Waals surface area contributed by atoms with Gasteiger partial charge in [0.1, 0.15) is 5.58 Å². The summed E-state index contributed by atoms with van der Waals surface area (Å²) in [4.78, 5) is 12.4. The molecule has 1 amide bonds. The van der Waals surface area contributed by atoms with Gasteiger partial charge in [-0.3, -0.25) is 4.79 Å². The highest BCUT2D eigenvalue weighted by molar-refractivity contribution is 5.99. The zero-order chi connectivity index (χ0) is 15.7. The zero-order valence-electron chi connectivity index (χ0n) is 13.1. The molecule has 3 aromatic rings. The van der Waals surface area contributed by atoms with Crippen LogP contribution in [-0.4, -0.2) is 5.91 Å². The van der Waals surface area contributed by atoms with E-state index in [9.17, 15) is 4.79 Å². The van der Waals surface area contributed by atoms with Crippen molar-refractivity contribution >= 4 is 16.9 Å². The van der Waals surface area contributed by atoms with Gasteiger partial charge in [-0.2, -0.15) is 0 Å². The van der Waals surface area contributed by atoms with E-state index in [1.807, 2.05) is 63.2 Å². The first-order chi connectivity index (χ1) is 10.5. The second-order valence-corrected chi connectivity index (χ2v) is 5.72. The Hall–Kier alpha value is -2.55. The summed E-state index contributed by atoms with van der Waals surface area (Å²) < 4.78 is 5.71. The molecule has 0 atom stereocenters. The summed E-state index contributed by atoms with van der Waals surface area (Å²) in [5.74, 6) is 0.222. The number of benzene rings is 2. The lowest BCUT2D eigenvalue weighted by molar-refractivity contribution is 0.0924. The highest BCUT2D eigenvalue weighted by atomic mass is 16.3. The van der Waals surface area contributed by atoms with Crippen LogP contribution in [0.25, 0.3) is 11.0 Å². The maximum Gasteiger partial charge on any atom is 0.287 e. The predicted molar refractivity (Wildman–Crippen MR) is 88.0 cm³/mol. The molecule has 0 saturated heterocycles. The lowest BCUT2D eigenvalue weighted by Crippen LogP contribution is -2.22. The van der Waals surface area contributed by atoms with Gasteiger partial charge in [0.2, 0.25) is 0 Å². The van der Waals surface area contributed by atoms with E-state index < -0.39 is 0 Å².